The minimum Gasteiger partial charge on any atom is -0.465 e. The third kappa shape index (κ3) is 5.85. The first-order valence-electron chi connectivity index (χ1n) is 11.5. The number of aryl methyl sites for hydroxylation is 1. The summed E-state index contributed by atoms with van der Waals surface area (Å²) in [6.45, 7) is 2.61. The van der Waals surface area contributed by atoms with Gasteiger partial charge in [-0.05, 0) is 56.4 Å². The lowest BCUT2D eigenvalue weighted by Gasteiger charge is -2.11. The van der Waals surface area contributed by atoms with Gasteiger partial charge in [0.2, 0.25) is 5.91 Å². The van der Waals surface area contributed by atoms with Crippen molar-refractivity contribution >= 4 is 63.2 Å². The predicted octanol–water partition coefficient (Wildman–Crippen LogP) is 6.51. The van der Waals surface area contributed by atoms with Gasteiger partial charge in [-0.15, -0.1) is 21.5 Å². The van der Waals surface area contributed by atoms with Crippen LogP contribution in [0.25, 0.3) is 11.4 Å². The molecule has 7 nitrogen and oxygen atoms in total. The Morgan fingerprint density at radius 2 is 1.91 bits per heavy atom. The number of esters is 1. The Hall–Kier alpha value is -2.07. The first-order valence-corrected chi connectivity index (χ1v) is 14.0. The van der Waals surface area contributed by atoms with Gasteiger partial charge in [0, 0.05) is 17.0 Å². The van der Waals surface area contributed by atoms with E-state index in [1.807, 2.05) is 17.6 Å². The molecule has 0 unspecified atom stereocenters. The number of thioether (sulfide) groups is 1. The highest BCUT2D eigenvalue weighted by atomic mass is 35.5. The predicted molar refractivity (Wildman–Crippen MR) is 142 cm³/mol. The van der Waals surface area contributed by atoms with Crippen molar-refractivity contribution in [2.75, 3.05) is 18.2 Å². The van der Waals surface area contributed by atoms with E-state index in [4.69, 9.17) is 27.9 Å². The molecule has 35 heavy (non-hydrogen) atoms. The van der Waals surface area contributed by atoms with E-state index in [1.54, 1.807) is 12.1 Å². The minimum atomic E-state index is -0.400. The number of aromatic nitrogens is 3. The standard InChI is InChI=1S/C24H26Cl2N4O3S2/c1-3-30-21(14-10-11-16(25)17(26)12-14)28-29-24(30)34-13-19(31)27-22-20(23(32)33-2)15-8-6-4-5-7-9-18(15)35-22/h10-12H,3-9,13H2,1-2H3,(H,27,31). The summed E-state index contributed by atoms with van der Waals surface area (Å²) in [4.78, 5) is 26.6. The van der Waals surface area contributed by atoms with Crippen LogP contribution < -0.4 is 5.32 Å². The number of halogens is 2. The molecule has 0 spiro atoms. The van der Waals surface area contributed by atoms with Gasteiger partial charge in [0.1, 0.15) is 5.00 Å². The van der Waals surface area contributed by atoms with E-state index in [0.29, 0.717) is 38.1 Å². The van der Waals surface area contributed by atoms with Crippen molar-refractivity contribution in [1.29, 1.82) is 0 Å². The quantitative estimate of drug-likeness (QED) is 0.265. The zero-order chi connectivity index (χ0) is 24.9. The first kappa shape index (κ1) is 26.0. The van der Waals surface area contributed by atoms with Crippen LogP contribution >= 0.6 is 46.3 Å². The maximum atomic E-state index is 12.9. The summed E-state index contributed by atoms with van der Waals surface area (Å²) in [5.41, 5.74) is 2.33. The fourth-order valence-electron chi connectivity index (χ4n) is 4.15. The van der Waals surface area contributed by atoms with E-state index in [9.17, 15) is 9.59 Å². The largest absolute Gasteiger partial charge is 0.465 e. The average molecular weight is 554 g/mol. The lowest BCUT2D eigenvalue weighted by Crippen LogP contribution is -2.17. The van der Waals surface area contributed by atoms with E-state index in [2.05, 4.69) is 15.5 Å². The molecule has 0 fully saturated rings. The van der Waals surface area contributed by atoms with Crippen LogP contribution in [0.15, 0.2) is 23.4 Å². The number of nitrogens with one attached hydrogen (secondary N) is 1. The lowest BCUT2D eigenvalue weighted by atomic mass is 9.96. The number of anilines is 1. The second kappa shape index (κ2) is 11.8. The van der Waals surface area contributed by atoms with Gasteiger partial charge >= 0.3 is 5.97 Å². The highest BCUT2D eigenvalue weighted by molar-refractivity contribution is 7.99. The monoisotopic (exact) mass is 552 g/mol. The van der Waals surface area contributed by atoms with Crippen LogP contribution in [0.1, 0.15) is 53.4 Å². The molecule has 1 aliphatic rings. The molecule has 0 saturated heterocycles. The molecule has 11 heteroatoms. The molecular weight excluding hydrogens is 527 g/mol. The Balaban J connectivity index is 1.50. The number of hydrogen-bond donors (Lipinski definition) is 1. The van der Waals surface area contributed by atoms with Crippen LogP contribution in [0.4, 0.5) is 5.00 Å². The van der Waals surface area contributed by atoms with Crippen LogP contribution in [0, 0.1) is 0 Å². The van der Waals surface area contributed by atoms with Gasteiger partial charge in [-0.25, -0.2) is 4.79 Å². The average Bonchev–Trinajstić information content (AvgIpc) is 3.39. The number of fused-ring (bicyclic) bond motifs is 1. The van der Waals surface area contributed by atoms with E-state index in [1.165, 1.54) is 41.5 Å². The Kier molecular flexibility index (Phi) is 8.75. The van der Waals surface area contributed by atoms with E-state index < -0.39 is 5.97 Å². The number of nitrogens with zero attached hydrogens (tertiary/aromatic N) is 3. The maximum Gasteiger partial charge on any atom is 0.341 e. The number of benzene rings is 1. The molecule has 3 aromatic rings. The van der Waals surface area contributed by atoms with Crippen LogP contribution in [0.2, 0.25) is 10.0 Å². The zero-order valence-corrected chi connectivity index (χ0v) is 22.7. The lowest BCUT2D eigenvalue weighted by molar-refractivity contribution is -0.113. The van der Waals surface area contributed by atoms with Crippen molar-refractivity contribution in [3.8, 4) is 11.4 Å². The highest BCUT2D eigenvalue weighted by Crippen LogP contribution is 2.38. The molecule has 0 aliphatic heterocycles. The molecule has 0 radical (unpaired) electrons. The number of rotatable bonds is 7. The van der Waals surface area contributed by atoms with Crippen molar-refractivity contribution < 1.29 is 14.3 Å². The van der Waals surface area contributed by atoms with Gasteiger partial charge < -0.3 is 14.6 Å². The number of carbonyl (C=O) groups excluding carboxylic acids is 2. The Bertz CT molecular complexity index is 1240. The van der Waals surface area contributed by atoms with Crippen molar-refractivity contribution in [3.63, 3.8) is 0 Å². The second-order valence-corrected chi connectivity index (χ2v) is 11.0. The van der Waals surface area contributed by atoms with Crippen LogP contribution in [-0.4, -0.2) is 39.5 Å². The summed E-state index contributed by atoms with van der Waals surface area (Å²) in [5.74, 6) is 0.169. The van der Waals surface area contributed by atoms with Crippen molar-refractivity contribution in [2.24, 2.45) is 0 Å². The SMILES string of the molecule is CCn1c(SCC(=O)Nc2sc3c(c2C(=O)OC)CCCCCC3)nnc1-c1ccc(Cl)c(Cl)c1. The molecule has 1 N–H and O–H groups in total. The smallest absolute Gasteiger partial charge is 0.341 e. The Labute approximate surface area is 222 Å². The molecule has 0 atom stereocenters. The summed E-state index contributed by atoms with van der Waals surface area (Å²) in [7, 11) is 1.37. The highest BCUT2D eigenvalue weighted by Gasteiger charge is 2.26. The van der Waals surface area contributed by atoms with Crippen LogP contribution in [0.5, 0.6) is 0 Å². The van der Waals surface area contributed by atoms with Gasteiger partial charge in [-0.1, -0.05) is 47.8 Å². The molecule has 1 aromatic carbocycles. The molecule has 2 heterocycles. The topological polar surface area (TPSA) is 86.1 Å². The summed E-state index contributed by atoms with van der Waals surface area (Å²) in [5, 5.41) is 13.6. The number of thiophene rings is 1. The van der Waals surface area contributed by atoms with Crippen LogP contribution in [0.3, 0.4) is 0 Å². The summed E-state index contributed by atoms with van der Waals surface area (Å²) >= 11 is 15.0. The third-order valence-electron chi connectivity index (χ3n) is 5.86. The molecule has 1 amide bonds. The van der Waals surface area contributed by atoms with E-state index in [-0.39, 0.29) is 11.7 Å². The number of amides is 1. The van der Waals surface area contributed by atoms with E-state index in [0.717, 1.165) is 43.2 Å². The van der Waals surface area contributed by atoms with Crippen LogP contribution in [-0.2, 0) is 28.9 Å². The Morgan fingerprint density at radius 3 is 2.63 bits per heavy atom. The van der Waals surface area contributed by atoms with Gasteiger partial charge in [0.25, 0.3) is 0 Å². The second-order valence-electron chi connectivity index (χ2n) is 8.13. The number of methoxy groups -OCH3 is 1. The normalized spacial score (nSPS) is 13.6. The van der Waals surface area contributed by atoms with Crippen molar-refractivity contribution in [1.82, 2.24) is 14.8 Å². The fourth-order valence-corrected chi connectivity index (χ4v) is 6.54. The molecule has 4 rings (SSSR count). The van der Waals surface area contributed by atoms with Gasteiger partial charge in [-0.2, -0.15) is 0 Å². The fraction of sp³-hybridized carbons (Fsp3) is 0.417. The molecule has 0 bridgehead atoms. The number of carbonyl (C=O) groups is 2. The van der Waals surface area contributed by atoms with Gasteiger partial charge in [0.05, 0.1) is 28.5 Å². The molecule has 186 valence electrons. The maximum absolute atomic E-state index is 12.9. The first-order chi connectivity index (χ1) is 16.9. The zero-order valence-electron chi connectivity index (χ0n) is 19.5. The van der Waals surface area contributed by atoms with Crippen molar-refractivity contribution in [2.45, 2.75) is 57.1 Å². The summed E-state index contributed by atoms with van der Waals surface area (Å²) in [6.07, 6.45) is 6.21. The third-order valence-corrected chi connectivity index (χ3v) is 8.77. The summed E-state index contributed by atoms with van der Waals surface area (Å²) in [6, 6.07) is 5.30. The minimum absolute atomic E-state index is 0.128. The van der Waals surface area contributed by atoms with Gasteiger partial charge in [0.15, 0.2) is 11.0 Å². The molecule has 0 saturated carbocycles. The molecule has 1 aliphatic carbocycles. The van der Waals surface area contributed by atoms with Gasteiger partial charge in [-0.3, -0.25) is 4.79 Å². The van der Waals surface area contributed by atoms with E-state index >= 15 is 0 Å². The molecule has 2 aromatic heterocycles. The molecular formula is C24H26Cl2N4O3S2. The van der Waals surface area contributed by atoms with Crippen molar-refractivity contribution in [3.05, 3.63) is 44.2 Å². The number of hydrogen-bond acceptors (Lipinski definition) is 7. The number of ether oxygens (including phenoxy) is 1. The summed E-state index contributed by atoms with van der Waals surface area (Å²) < 4.78 is 6.97. The Morgan fingerprint density at radius 1 is 1.14 bits per heavy atom.